The van der Waals surface area contributed by atoms with Crippen LogP contribution >= 0.6 is 0 Å². The van der Waals surface area contributed by atoms with E-state index in [2.05, 4.69) is 31.1 Å². The van der Waals surface area contributed by atoms with E-state index in [1.165, 1.54) is 0 Å². The topological polar surface area (TPSA) is 54.4 Å². The quantitative estimate of drug-likeness (QED) is 0.730. The zero-order chi connectivity index (χ0) is 15.0. The van der Waals surface area contributed by atoms with Crippen molar-refractivity contribution in [1.29, 1.82) is 0 Å². The highest BCUT2D eigenvalue weighted by Crippen LogP contribution is 2.09. The second-order valence-corrected chi connectivity index (χ2v) is 5.81. The minimum atomic E-state index is -0.490. The number of nitrogens with one attached hydrogen (secondary N) is 1. The summed E-state index contributed by atoms with van der Waals surface area (Å²) in [6.45, 7) is 9.31. The van der Waals surface area contributed by atoms with Gasteiger partial charge >= 0.3 is 0 Å². The van der Waals surface area contributed by atoms with Crippen LogP contribution in [0.3, 0.4) is 0 Å². The van der Waals surface area contributed by atoms with E-state index in [4.69, 9.17) is 4.74 Å². The fraction of sp³-hybridized carbons (Fsp3) is 0.688. The summed E-state index contributed by atoms with van der Waals surface area (Å²) >= 11 is 0. The molecule has 0 bridgehead atoms. The van der Waals surface area contributed by atoms with Gasteiger partial charge in [0.15, 0.2) is 0 Å². The van der Waals surface area contributed by atoms with E-state index in [1.807, 2.05) is 25.1 Å². The molecule has 1 aromatic heterocycles. The Morgan fingerprint density at radius 2 is 2.00 bits per heavy atom. The number of ether oxygens (including phenoxy) is 1. The molecular weight excluding hydrogens is 252 g/mol. The Hall–Kier alpha value is -0.970. The Morgan fingerprint density at radius 1 is 1.25 bits per heavy atom. The maximum atomic E-state index is 9.92. The van der Waals surface area contributed by atoms with Crippen LogP contribution < -0.4 is 5.32 Å². The fourth-order valence-electron chi connectivity index (χ4n) is 2.12. The first-order valence-corrected chi connectivity index (χ1v) is 7.43. The van der Waals surface area contributed by atoms with Gasteiger partial charge in [0.2, 0.25) is 0 Å². The minimum absolute atomic E-state index is 0.124. The number of aromatic nitrogens is 1. The molecule has 4 nitrogen and oxygen atoms in total. The van der Waals surface area contributed by atoms with Crippen molar-refractivity contribution in [1.82, 2.24) is 10.3 Å². The van der Waals surface area contributed by atoms with Crippen LogP contribution in [0, 0.1) is 5.92 Å². The molecular formula is C16H28N2O2. The normalized spacial score (nSPS) is 16.1. The number of aliphatic hydroxyl groups is 1. The lowest BCUT2D eigenvalue weighted by Gasteiger charge is -2.20. The number of hydrogen-bond acceptors (Lipinski definition) is 4. The van der Waals surface area contributed by atoms with E-state index in [9.17, 15) is 5.11 Å². The monoisotopic (exact) mass is 280 g/mol. The van der Waals surface area contributed by atoms with E-state index in [0.717, 1.165) is 12.1 Å². The summed E-state index contributed by atoms with van der Waals surface area (Å²) in [7, 11) is 0. The first-order valence-electron chi connectivity index (χ1n) is 7.43. The highest BCUT2D eigenvalue weighted by molar-refractivity contribution is 5.07. The Bertz CT molecular complexity index is 357. The summed E-state index contributed by atoms with van der Waals surface area (Å²) < 4.78 is 5.65. The summed E-state index contributed by atoms with van der Waals surface area (Å²) in [5.41, 5.74) is 0.980. The highest BCUT2D eigenvalue weighted by Gasteiger charge is 2.12. The van der Waals surface area contributed by atoms with Gasteiger partial charge < -0.3 is 15.2 Å². The average Bonchev–Trinajstić information content (AvgIpc) is 2.42. The molecule has 0 radical (unpaired) electrons. The number of pyridine rings is 1. The first-order chi connectivity index (χ1) is 9.49. The van der Waals surface area contributed by atoms with Gasteiger partial charge in [-0.2, -0.15) is 0 Å². The molecule has 0 aliphatic heterocycles. The van der Waals surface area contributed by atoms with Crippen molar-refractivity contribution in [3.8, 4) is 0 Å². The molecule has 0 saturated carbocycles. The zero-order valence-corrected chi connectivity index (χ0v) is 13.0. The van der Waals surface area contributed by atoms with Gasteiger partial charge in [0.05, 0.1) is 24.5 Å². The average molecular weight is 280 g/mol. The Kier molecular flexibility index (Phi) is 7.73. The molecule has 2 N–H and O–H groups in total. The maximum absolute atomic E-state index is 9.92. The van der Waals surface area contributed by atoms with Gasteiger partial charge in [-0.05, 0) is 38.3 Å². The molecule has 4 heteroatoms. The standard InChI is InChI=1S/C16H28N2O2/c1-12(2)9-13(3)20-11-15(19)10-18-14(4)16-7-5-6-8-17-16/h5-8,12-15,18-19H,9-11H2,1-4H3/t13?,14-,15?/m0/s1. The van der Waals surface area contributed by atoms with Gasteiger partial charge in [-0.25, -0.2) is 0 Å². The summed E-state index contributed by atoms with van der Waals surface area (Å²) in [6.07, 6.45) is 2.50. The molecule has 0 fully saturated rings. The summed E-state index contributed by atoms with van der Waals surface area (Å²) in [5, 5.41) is 13.2. The largest absolute Gasteiger partial charge is 0.389 e. The number of aliphatic hydroxyl groups excluding tert-OH is 1. The van der Waals surface area contributed by atoms with Crippen molar-refractivity contribution in [2.75, 3.05) is 13.2 Å². The Balaban J connectivity index is 2.21. The van der Waals surface area contributed by atoms with Gasteiger partial charge in [0.1, 0.15) is 0 Å². The molecule has 0 saturated heterocycles. The molecule has 2 unspecified atom stereocenters. The van der Waals surface area contributed by atoms with Crippen LogP contribution in [-0.2, 0) is 4.74 Å². The lowest BCUT2D eigenvalue weighted by atomic mass is 10.1. The van der Waals surface area contributed by atoms with E-state index in [0.29, 0.717) is 19.1 Å². The number of rotatable bonds is 9. The van der Waals surface area contributed by atoms with Gasteiger partial charge in [0, 0.05) is 18.8 Å². The molecule has 1 heterocycles. The van der Waals surface area contributed by atoms with Crippen molar-refractivity contribution in [3.05, 3.63) is 30.1 Å². The van der Waals surface area contributed by atoms with Crippen LogP contribution in [0.5, 0.6) is 0 Å². The van der Waals surface area contributed by atoms with Gasteiger partial charge in [0.25, 0.3) is 0 Å². The first kappa shape index (κ1) is 17.1. The predicted octanol–water partition coefficient (Wildman–Crippen LogP) is 2.54. The van der Waals surface area contributed by atoms with Crippen molar-refractivity contribution in [2.24, 2.45) is 5.92 Å². The lowest BCUT2D eigenvalue weighted by molar-refractivity contribution is -0.00917. The molecule has 20 heavy (non-hydrogen) atoms. The van der Waals surface area contributed by atoms with Crippen molar-refractivity contribution < 1.29 is 9.84 Å². The van der Waals surface area contributed by atoms with Crippen LogP contribution in [-0.4, -0.2) is 35.5 Å². The molecule has 3 atom stereocenters. The SMILES string of the molecule is CC(C)CC(C)OCC(O)CN[C@@H](C)c1ccccn1. The molecule has 0 aromatic carbocycles. The fourth-order valence-corrected chi connectivity index (χ4v) is 2.12. The smallest absolute Gasteiger partial charge is 0.0898 e. The van der Waals surface area contributed by atoms with Crippen molar-refractivity contribution in [2.45, 2.75) is 52.4 Å². The van der Waals surface area contributed by atoms with Crippen molar-refractivity contribution >= 4 is 0 Å². The van der Waals surface area contributed by atoms with Crippen molar-refractivity contribution in [3.63, 3.8) is 0 Å². The van der Waals surface area contributed by atoms with Crippen LogP contribution in [0.2, 0.25) is 0 Å². The summed E-state index contributed by atoms with van der Waals surface area (Å²) in [4.78, 5) is 4.29. The molecule has 0 amide bonds. The van der Waals surface area contributed by atoms with Gasteiger partial charge in [-0.1, -0.05) is 19.9 Å². The maximum Gasteiger partial charge on any atom is 0.0898 e. The van der Waals surface area contributed by atoms with Gasteiger partial charge in [-0.3, -0.25) is 4.98 Å². The molecule has 0 aliphatic rings. The van der Waals surface area contributed by atoms with E-state index in [-0.39, 0.29) is 12.1 Å². The summed E-state index contributed by atoms with van der Waals surface area (Å²) in [6, 6.07) is 5.97. The van der Waals surface area contributed by atoms with Crippen LogP contribution in [0.4, 0.5) is 0 Å². The minimum Gasteiger partial charge on any atom is -0.389 e. The Labute approximate surface area is 122 Å². The molecule has 1 rings (SSSR count). The van der Waals surface area contributed by atoms with Crippen LogP contribution in [0.15, 0.2) is 24.4 Å². The molecule has 114 valence electrons. The second-order valence-electron chi connectivity index (χ2n) is 5.81. The summed E-state index contributed by atoms with van der Waals surface area (Å²) in [5.74, 6) is 0.615. The third-order valence-electron chi connectivity index (χ3n) is 3.17. The van der Waals surface area contributed by atoms with Crippen LogP contribution in [0.1, 0.15) is 45.9 Å². The number of hydrogen-bond donors (Lipinski definition) is 2. The van der Waals surface area contributed by atoms with Gasteiger partial charge in [-0.15, -0.1) is 0 Å². The second kappa shape index (κ2) is 9.06. The highest BCUT2D eigenvalue weighted by atomic mass is 16.5. The number of nitrogens with zero attached hydrogens (tertiary/aromatic N) is 1. The van der Waals surface area contributed by atoms with E-state index < -0.39 is 6.10 Å². The third-order valence-corrected chi connectivity index (χ3v) is 3.17. The lowest BCUT2D eigenvalue weighted by Crippen LogP contribution is -2.33. The van der Waals surface area contributed by atoms with Crippen LogP contribution in [0.25, 0.3) is 0 Å². The molecule has 0 aliphatic carbocycles. The zero-order valence-electron chi connectivity index (χ0n) is 13.0. The predicted molar refractivity (Wildman–Crippen MR) is 81.5 cm³/mol. The van der Waals surface area contributed by atoms with E-state index in [1.54, 1.807) is 6.20 Å². The van der Waals surface area contributed by atoms with E-state index >= 15 is 0 Å². The molecule has 1 aromatic rings. The third kappa shape index (κ3) is 6.98. The molecule has 0 spiro atoms. The Morgan fingerprint density at radius 3 is 2.60 bits per heavy atom.